The molecule has 0 bridgehead atoms. The third-order valence-corrected chi connectivity index (χ3v) is 3.81. The molecule has 1 aromatic heterocycles. The molecule has 0 unspecified atom stereocenters. The molecule has 0 aliphatic heterocycles. The topological polar surface area (TPSA) is 55.9 Å². The average molecular weight is 357 g/mol. The standard InChI is InChI=1S/C13H14BrFN4S/c14-11-9(13(16)20)2-3-10(12(11)15)18-4-1-6-19-7-5-17-8-19/h2-3,5,7-8,18H,1,4,6H2,(H2,16,20). The van der Waals surface area contributed by atoms with Crippen molar-refractivity contribution in [1.82, 2.24) is 9.55 Å². The van der Waals surface area contributed by atoms with Crippen LogP contribution >= 0.6 is 28.1 Å². The van der Waals surface area contributed by atoms with Gasteiger partial charge in [-0.3, -0.25) is 0 Å². The first kappa shape index (κ1) is 14.9. The van der Waals surface area contributed by atoms with Crippen LogP contribution in [-0.2, 0) is 6.54 Å². The van der Waals surface area contributed by atoms with Crippen molar-refractivity contribution >= 4 is 38.8 Å². The molecule has 0 aliphatic carbocycles. The van der Waals surface area contributed by atoms with Gasteiger partial charge in [0.25, 0.3) is 0 Å². The predicted molar refractivity (Wildman–Crippen MR) is 85.3 cm³/mol. The van der Waals surface area contributed by atoms with Crippen LogP contribution in [0.1, 0.15) is 12.0 Å². The number of rotatable bonds is 6. The number of nitrogens with two attached hydrogens (primary N) is 1. The maximum atomic E-state index is 14.1. The lowest BCUT2D eigenvalue weighted by atomic mass is 10.2. The second-order valence-corrected chi connectivity index (χ2v) is 5.47. The van der Waals surface area contributed by atoms with Crippen LogP contribution in [0, 0.1) is 5.82 Å². The van der Waals surface area contributed by atoms with Gasteiger partial charge in [-0.15, -0.1) is 0 Å². The Morgan fingerprint density at radius 1 is 1.50 bits per heavy atom. The Balaban J connectivity index is 1.93. The van der Waals surface area contributed by atoms with E-state index in [1.54, 1.807) is 24.7 Å². The molecule has 0 radical (unpaired) electrons. The highest BCUT2D eigenvalue weighted by Crippen LogP contribution is 2.27. The van der Waals surface area contributed by atoms with E-state index >= 15 is 0 Å². The summed E-state index contributed by atoms with van der Waals surface area (Å²) in [6, 6.07) is 3.35. The minimum Gasteiger partial charge on any atom is -0.389 e. The molecule has 7 heteroatoms. The molecule has 1 heterocycles. The maximum Gasteiger partial charge on any atom is 0.161 e. The molecule has 1 aromatic carbocycles. The van der Waals surface area contributed by atoms with Gasteiger partial charge in [0, 0.05) is 31.0 Å². The van der Waals surface area contributed by atoms with E-state index in [9.17, 15) is 4.39 Å². The van der Waals surface area contributed by atoms with Gasteiger partial charge < -0.3 is 15.6 Å². The van der Waals surface area contributed by atoms with Crippen LogP contribution in [0.3, 0.4) is 0 Å². The summed E-state index contributed by atoms with van der Waals surface area (Å²) in [5, 5.41) is 3.06. The van der Waals surface area contributed by atoms with E-state index in [1.165, 1.54) is 0 Å². The lowest BCUT2D eigenvalue weighted by molar-refractivity contribution is 0.619. The van der Waals surface area contributed by atoms with E-state index in [-0.39, 0.29) is 10.8 Å². The molecule has 0 saturated carbocycles. The lowest BCUT2D eigenvalue weighted by Crippen LogP contribution is -2.12. The first-order chi connectivity index (χ1) is 9.59. The van der Waals surface area contributed by atoms with E-state index in [0.29, 0.717) is 22.3 Å². The predicted octanol–water partition coefficient (Wildman–Crippen LogP) is 2.92. The minimum absolute atomic E-state index is 0.169. The van der Waals surface area contributed by atoms with Crippen LogP contribution in [0.5, 0.6) is 0 Å². The molecule has 0 aliphatic rings. The van der Waals surface area contributed by atoms with Gasteiger partial charge >= 0.3 is 0 Å². The van der Waals surface area contributed by atoms with Crippen molar-refractivity contribution in [3.63, 3.8) is 0 Å². The van der Waals surface area contributed by atoms with Crippen molar-refractivity contribution in [2.75, 3.05) is 11.9 Å². The third-order valence-electron chi connectivity index (χ3n) is 2.82. The third kappa shape index (κ3) is 3.55. The van der Waals surface area contributed by atoms with Gasteiger partial charge in [-0.2, -0.15) is 0 Å². The number of nitrogens with zero attached hydrogens (tertiary/aromatic N) is 2. The summed E-state index contributed by atoms with van der Waals surface area (Å²) in [6.07, 6.45) is 6.26. The highest BCUT2D eigenvalue weighted by atomic mass is 79.9. The molecule has 4 nitrogen and oxygen atoms in total. The summed E-state index contributed by atoms with van der Waals surface area (Å²) in [6.45, 7) is 1.49. The number of imidazole rings is 1. The summed E-state index contributed by atoms with van der Waals surface area (Å²) < 4.78 is 16.4. The van der Waals surface area contributed by atoms with Gasteiger partial charge in [0.1, 0.15) is 4.99 Å². The average Bonchev–Trinajstić information content (AvgIpc) is 2.92. The highest BCUT2D eigenvalue weighted by molar-refractivity contribution is 9.10. The van der Waals surface area contributed by atoms with Gasteiger partial charge in [-0.05, 0) is 34.5 Å². The Morgan fingerprint density at radius 3 is 2.95 bits per heavy atom. The van der Waals surface area contributed by atoms with E-state index < -0.39 is 0 Å². The molecule has 2 rings (SSSR count). The molecule has 0 atom stereocenters. The summed E-state index contributed by atoms with van der Waals surface area (Å²) in [5.41, 5.74) is 6.45. The molecule has 0 amide bonds. The molecule has 0 saturated heterocycles. The first-order valence-electron chi connectivity index (χ1n) is 6.07. The number of hydrogen-bond acceptors (Lipinski definition) is 3. The van der Waals surface area contributed by atoms with Gasteiger partial charge in [0.2, 0.25) is 0 Å². The second-order valence-electron chi connectivity index (χ2n) is 4.23. The Morgan fingerprint density at radius 2 is 2.30 bits per heavy atom. The first-order valence-corrected chi connectivity index (χ1v) is 7.27. The fourth-order valence-electron chi connectivity index (χ4n) is 1.78. The number of halogens is 2. The normalized spacial score (nSPS) is 10.5. The maximum absolute atomic E-state index is 14.1. The van der Waals surface area contributed by atoms with Crippen LogP contribution < -0.4 is 11.1 Å². The molecular weight excluding hydrogens is 343 g/mol. The summed E-state index contributed by atoms with van der Waals surface area (Å²) in [7, 11) is 0. The Kier molecular flexibility index (Phi) is 5.08. The quantitative estimate of drug-likeness (QED) is 0.617. The van der Waals surface area contributed by atoms with Gasteiger partial charge in [-0.1, -0.05) is 12.2 Å². The van der Waals surface area contributed by atoms with E-state index in [4.69, 9.17) is 18.0 Å². The van der Waals surface area contributed by atoms with E-state index in [0.717, 1.165) is 13.0 Å². The molecule has 106 valence electrons. The molecule has 20 heavy (non-hydrogen) atoms. The lowest BCUT2D eigenvalue weighted by Gasteiger charge is -2.11. The summed E-state index contributed by atoms with van der Waals surface area (Å²) >= 11 is 8.03. The van der Waals surface area contributed by atoms with Crippen molar-refractivity contribution in [3.05, 3.63) is 46.7 Å². The summed E-state index contributed by atoms with van der Waals surface area (Å²) in [4.78, 5) is 4.13. The number of benzene rings is 1. The monoisotopic (exact) mass is 356 g/mol. The van der Waals surface area contributed by atoms with Crippen LogP contribution in [0.15, 0.2) is 35.3 Å². The fraction of sp³-hybridized carbons (Fsp3) is 0.231. The fourth-order valence-corrected chi connectivity index (χ4v) is 2.64. The zero-order valence-corrected chi connectivity index (χ0v) is 13.0. The van der Waals surface area contributed by atoms with E-state index in [1.807, 2.05) is 10.8 Å². The second kappa shape index (κ2) is 6.81. The van der Waals surface area contributed by atoms with Gasteiger partial charge in [-0.25, -0.2) is 9.37 Å². The van der Waals surface area contributed by atoms with Crippen LogP contribution in [0.25, 0.3) is 0 Å². The molecular formula is C13H14BrFN4S. The Hall–Kier alpha value is -1.47. The SMILES string of the molecule is NC(=S)c1ccc(NCCCn2ccnc2)c(F)c1Br. The van der Waals surface area contributed by atoms with Crippen molar-refractivity contribution in [1.29, 1.82) is 0 Å². The number of hydrogen-bond donors (Lipinski definition) is 2. The van der Waals surface area contributed by atoms with Crippen molar-refractivity contribution < 1.29 is 4.39 Å². The number of thiocarbonyl (C=S) groups is 1. The number of nitrogens with one attached hydrogen (secondary N) is 1. The van der Waals surface area contributed by atoms with Gasteiger partial charge in [0.05, 0.1) is 16.5 Å². The highest BCUT2D eigenvalue weighted by Gasteiger charge is 2.12. The molecule has 3 N–H and O–H groups in total. The zero-order chi connectivity index (χ0) is 14.5. The molecule has 0 spiro atoms. The van der Waals surface area contributed by atoms with Crippen molar-refractivity contribution in [2.45, 2.75) is 13.0 Å². The number of aromatic nitrogens is 2. The molecule has 2 aromatic rings. The smallest absolute Gasteiger partial charge is 0.161 e. The van der Waals surface area contributed by atoms with Crippen molar-refractivity contribution in [3.8, 4) is 0 Å². The van der Waals surface area contributed by atoms with Crippen LogP contribution in [-0.4, -0.2) is 21.1 Å². The summed E-state index contributed by atoms with van der Waals surface area (Å²) in [5.74, 6) is -0.377. The van der Waals surface area contributed by atoms with Crippen molar-refractivity contribution in [2.24, 2.45) is 5.73 Å². The zero-order valence-electron chi connectivity index (χ0n) is 10.6. The van der Waals surface area contributed by atoms with Crippen LogP contribution in [0.2, 0.25) is 0 Å². The molecule has 0 fully saturated rings. The largest absolute Gasteiger partial charge is 0.389 e. The minimum atomic E-state index is -0.377. The van der Waals surface area contributed by atoms with Crippen LogP contribution in [0.4, 0.5) is 10.1 Å². The van der Waals surface area contributed by atoms with E-state index in [2.05, 4.69) is 26.2 Å². The Labute approximate surface area is 130 Å². The van der Waals surface area contributed by atoms with Gasteiger partial charge in [0.15, 0.2) is 5.82 Å². The Bertz CT molecular complexity index is 601. The number of anilines is 1. The number of aryl methyl sites for hydroxylation is 1.